The van der Waals surface area contributed by atoms with Gasteiger partial charge in [-0.15, -0.1) is 0 Å². The summed E-state index contributed by atoms with van der Waals surface area (Å²) < 4.78 is 0. The predicted octanol–water partition coefficient (Wildman–Crippen LogP) is 2.18. The van der Waals surface area contributed by atoms with Gasteiger partial charge in [0, 0.05) is 38.3 Å². The molecule has 0 spiro atoms. The summed E-state index contributed by atoms with van der Waals surface area (Å²) in [6, 6.07) is 7.00. The molecule has 0 unspecified atom stereocenters. The maximum Gasteiger partial charge on any atom is 0.317 e. The van der Waals surface area contributed by atoms with Crippen LogP contribution >= 0.6 is 0 Å². The van der Waals surface area contributed by atoms with Crippen LogP contribution in [-0.2, 0) is 11.3 Å². The van der Waals surface area contributed by atoms with Gasteiger partial charge in [-0.2, -0.15) is 0 Å². The number of hydrogen-bond acceptors (Lipinski definition) is 3. The van der Waals surface area contributed by atoms with Crippen molar-refractivity contribution in [3.8, 4) is 5.75 Å². The molecule has 0 radical (unpaired) electrons. The normalized spacial score (nSPS) is 17.7. The zero-order chi connectivity index (χ0) is 17.7. The molecule has 0 aliphatic carbocycles. The van der Waals surface area contributed by atoms with Crippen LogP contribution in [0.1, 0.15) is 32.3 Å². The lowest BCUT2D eigenvalue weighted by molar-refractivity contribution is -0.136. The Bertz CT molecular complexity index is 589. The van der Waals surface area contributed by atoms with Crippen molar-refractivity contribution in [2.45, 2.75) is 39.3 Å². The molecule has 1 aliphatic rings. The first-order valence-corrected chi connectivity index (χ1v) is 8.45. The third-order valence-corrected chi connectivity index (χ3v) is 4.25. The van der Waals surface area contributed by atoms with Crippen LogP contribution in [0.4, 0.5) is 4.79 Å². The van der Waals surface area contributed by atoms with Crippen molar-refractivity contribution in [3.05, 3.63) is 29.8 Å². The fourth-order valence-corrected chi connectivity index (χ4v) is 2.99. The summed E-state index contributed by atoms with van der Waals surface area (Å²) in [5.74, 6) is 0.0200. The van der Waals surface area contributed by atoms with E-state index in [2.05, 4.69) is 5.32 Å². The van der Waals surface area contributed by atoms with E-state index in [4.69, 9.17) is 0 Å². The lowest BCUT2D eigenvalue weighted by Crippen LogP contribution is -2.50. The van der Waals surface area contributed by atoms with Crippen LogP contribution in [0.5, 0.6) is 5.75 Å². The van der Waals surface area contributed by atoms with Crippen molar-refractivity contribution in [2.75, 3.05) is 20.1 Å². The topological polar surface area (TPSA) is 72.9 Å². The Balaban J connectivity index is 1.96. The van der Waals surface area contributed by atoms with Gasteiger partial charge in [0.25, 0.3) is 0 Å². The number of nitrogens with zero attached hydrogens (tertiary/aromatic N) is 2. The Morgan fingerprint density at radius 1 is 1.38 bits per heavy atom. The van der Waals surface area contributed by atoms with E-state index in [1.807, 2.05) is 26.0 Å². The molecule has 1 saturated heterocycles. The van der Waals surface area contributed by atoms with Gasteiger partial charge in [0.2, 0.25) is 5.91 Å². The predicted molar refractivity (Wildman–Crippen MR) is 92.5 cm³/mol. The minimum Gasteiger partial charge on any atom is -0.508 e. The molecule has 132 valence electrons. The van der Waals surface area contributed by atoms with Gasteiger partial charge in [0.05, 0.1) is 5.92 Å². The zero-order valence-corrected chi connectivity index (χ0v) is 14.7. The third-order valence-electron chi connectivity index (χ3n) is 4.25. The fraction of sp³-hybridized carbons (Fsp3) is 0.556. The van der Waals surface area contributed by atoms with Crippen molar-refractivity contribution >= 4 is 11.9 Å². The molecule has 24 heavy (non-hydrogen) atoms. The number of phenolic OH excluding ortho intramolecular Hbond substituents is 1. The summed E-state index contributed by atoms with van der Waals surface area (Å²) in [5.41, 5.74) is 0.721. The van der Waals surface area contributed by atoms with Gasteiger partial charge in [0.15, 0.2) is 0 Å². The van der Waals surface area contributed by atoms with Gasteiger partial charge < -0.3 is 20.2 Å². The number of nitrogens with one attached hydrogen (secondary N) is 1. The Hall–Kier alpha value is -2.24. The van der Waals surface area contributed by atoms with Gasteiger partial charge in [-0.1, -0.05) is 18.2 Å². The number of para-hydroxylation sites is 1. The van der Waals surface area contributed by atoms with Gasteiger partial charge in [-0.05, 0) is 32.8 Å². The highest BCUT2D eigenvalue weighted by Crippen LogP contribution is 2.22. The van der Waals surface area contributed by atoms with Gasteiger partial charge in [-0.25, -0.2) is 4.79 Å². The number of amides is 3. The van der Waals surface area contributed by atoms with Crippen LogP contribution in [-0.4, -0.2) is 53.0 Å². The number of piperidine rings is 1. The molecule has 1 atom stereocenters. The van der Waals surface area contributed by atoms with Crippen molar-refractivity contribution in [3.63, 3.8) is 0 Å². The molecule has 3 amide bonds. The number of urea groups is 1. The van der Waals surface area contributed by atoms with Crippen molar-refractivity contribution in [1.82, 2.24) is 15.1 Å². The molecule has 1 aliphatic heterocycles. The van der Waals surface area contributed by atoms with Gasteiger partial charge >= 0.3 is 6.03 Å². The smallest absolute Gasteiger partial charge is 0.317 e. The van der Waals surface area contributed by atoms with Crippen molar-refractivity contribution in [2.24, 2.45) is 5.92 Å². The second-order valence-corrected chi connectivity index (χ2v) is 6.71. The van der Waals surface area contributed by atoms with Crippen LogP contribution in [0, 0.1) is 5.92 Å². The third kappa shape index (κ3) is 4.63. The molecule has 2 N–H and O–H groups in total. The van der Waals surface area contributed by atoms with E-state index in [-0.39, 0.29) is 29.6 Å². The van der Waals surface area contributed by atoms with Crippen molar-refractivity contribution < 1.29 is 14.7 Å². The molecular formula is C18H27N3O3. The number of phenols is 1. The van der Waals surface area contributed by atoms with E-state index in [0.717, 1.165) is 18.4 Å². The first-order chi connectivity index (χ1) is 11.4. The van der Waals surface area contributed by atoms with E-state index in [0.29, 0.717) is 19.6 Å². The number of rotatable bonds is 4. The molecule has 1 aromatic rings. The van der Waals surface area contributed by atoms with Crippen LogP contribution in [0.2, 0.25) is 0 Å². The Morgan fingerprint density at radius 2 is 2.08 bits per heavy atom. The molecule has 2 rings (SSSR count). The Morgan fingerprint density at radius 3 is 2.75 bits per heavy atom. The number of carbonyl (C=O) groups is 2. The number of carbonyl (C=O) groups excluding carboxylic acids is 2. The van der Waals surface area contributed by atoms with E-state index in [1.54, 1.807) is 29.0 Å². The number of hydrogen-bond donors (Lipinski definition) is 2. The zero-order valence-electron chi connectivity index (χ0n) is 14.7. The number of likely N-dealkylation sites (tertiary alicyclic amines) is 1. The molecule has 1 heterocycles. The molecule has 6 nitrogen and oxygen atoms in total. The molecule has 0 saturated carbocycles. The highest BCUT2D eigenvalue weighted by Gasteiger charge is 2.30. The first-order valence-electron chi connectivity index (χ1n) is 8.45. The van der Waals surface area contributed by atoms with E-state index >= 15 is 0 Å². The summed E-state index contributed by atoms with van der Waals surface area (Å²) >= 11 is 0. The number of benzene rings is 1. The summed E-state index contributed by atoms with van der Waals surface area (Å²) in [5, 5.41) is 12.7. The summed E-state index contributed by atoms with van der Waals surface area (Å²) in [7, 11) is 1.74. The molecule has 1 aromatic carbocycles. The molecular weight excluding hydrogens is 306 g/mol. The molecule has 6 heteroatoms. The summed E-state index contributed by atoms with van der Waals surface area (Å²) in [4.78, 5) is 28.2. The van der Waals surface area contributed by atoms with E-state index in [9.17, 15) is 14.7 Å². The second kappa shape index (κ2) is 8.04. The maximum atomic E-state index is 12.7. The van der Waals surface area contributed by atoms with Crippen molar-refractivity contribution in [1.29, 1.82) is 0 Å². The summed E-state index contributed by atoms with van der Waals surface area (Å²) in [6.45, 7) is 5.34. The Kier molecular flexibility index (Phi) is 6.06. The molecule has 1 fully saturated rings. The lowest BCUT2D eigenvalue weighted by atomic mass is 9.96. The first kappa shape index (κ1) is 18.1. The molecule has 0 bridgehead atoms. The van der Waals surface area contributed by atoms with Gasteiger partial charge in [-0.3, -0.25) is 4.79 Å². The maximum absolute atomic E-state index is 12.7. The van der Waals surface area contributed by atoms with Crippen LogP contribution in [0.15, 0.2) is 24.3 Å². The fourth-order valence-electron chi connectivity index (χ4n) is 2.99. The highest BCUT2D eigenvalue weighted by atomic mass is 16.3. The minimum absolute atomic E-state index is 0.0142. The number of aromatic hydroxyl groups is 1. The SMILES string of the molecule is CC(C)NC(=O)N1CCC[C@H](C(=O)N(C)Cc2ccccc2O)C1. The highest BCUT2D eigenvalue weighted by molar-refractivity contribution is 5.81. The standard InChI is InChI=1S/C18H27N3O3/c1-13(2)19-18(24)21-10-6-8-15(12-21)17(23)20(3)11-14-7-4-5-9-16(14)22/h4-5,7,9,13,15,22H,6,8,10-12H2,1-3H3,(H,19,24)/t15-/m0/s1. The van der Waals surface area contributed by atoms with Crippen LogP contribution in [0.3, 0.4) is 0 Å². The van der Waals surface area contributed by atoms with Crippen LogP contribution in [0.25, 0.3) is 0 Å². The lowest BCUT2D eigenvalue weighted by Gasteiger charge is -2.34. The second-order valence-electron chi connectivity index (χ2n) is 6.71. The average molecular weight is 333 g/mol. The Labute approximate surface area is 143 Å². The monoisotopic (exact) mass is 333 g/mol. The largest absolute Gasteiger partial charge is 0.508 e. The quantitative estimate of drug-likeness (QED) is 0.887. The van der Waals surface area contributed by atoms with E-state index in [1.165, 1.54) is 0 Å². The average Bonchev–Trinajstić information content (AvgIpc) is 2.55. The summed E-state index contributed by atoms with van der Waals surface area (Å²) in [6.07, 6.45) is 1.61. The van der Waals surface area contributed by atoms with E-state index < -0.39 is 0 Å². The molecule has 0 aromatic heterocycles. The minimum atomic E-state index is -0.187. The van der Waals surface area contributed by atoms with Crippen LogP contribution < -0.4 is 5.32 Å². The van der Waals surface area contributed by atoms with Gasteiger partial charge in [0.1, 0.15) is 5.75 Å².